The van der Waals surface area contributed by atoms with E-state index in [1.54, 1.807) is 154 Å². The Bertz CT molecular complexity index is 1170. The molecule has 6 saturated carbocycles. The van der Waals surface area contributed by atoms with Crippen LogP contribution in [0, 0.1) is 39.5 Å². The molecule has 0 nitrogen and oxygen atoms in total. The van der Waals surface area contributed by atoms with E-state index >= 15 is 0 Å². The molecule has 0 unspecified atom stereocenters. The van der Waals surface area contributed by atoms with Crippen LogP contribution in [0.5, 0.6) is 0 Å². The van der Waals surface area contributed by atoms with Crippen molar-refractivity contribution >= 4 is 31.7 Å². The molecule has 1 aromatic carbocycles. The summed E-state index contributed by atoms with van der Waals surface area (Å²) in [7, 11) is 0.755. The van der Waals surface area contributed by atoms with Crippen LogP contribution in [0.25, 0.3) is 0 Å². The van der Waals surface area contributed by atoms with Crippen molar-refractivity contribution in [2.75, 3.05) is 12.3 Å². The zero-order valence-electron chi connectivity index (χ0n) is 50.8. The van der Waals surface area contributed by atoms with Gasteiger partial charge in [0.1, 0.15) is 0 Å². The topological polar surface area (TPSA) is 0 Å². The molecule has 0 spiro atoms. The molecular weight excluding hydrogens is 1190 g/mol. The van der Waals surface area contributed by atoms with Crippen molar-refractivity contribution in [3.63, 3.8) is 0 Å². The van der Waals surface area contributed by atoms with Gasteiger partial charge in [-0.25, -0.2) is 0 Å². The van der Waals surface area contributed by atoms with Crippen LogP contribution in [0.1, 0.15) is 276 Å². The van der Waals surface area contributed by atoms with Crippen molar-refractivity contribution in [2.45, 2.75) is 330 Å². The fourth-order valence-corrected chi connectivity index (χ4v) is 30.7. The van der Waals surface area contributed by atoms with Gasteiger partial charge in [0.05, 0.1) is 0 Å². The van der Waals surface area contributed by atoms with Crippen LogP contribution >= 0.6 is 31.7 Å². The van der Waals surface area contributed by atoms with Gasteiger partial charge in [-0.2, -0.15) is 0 Å². The molecule has 0 aromatic heterocycles. The molecule has 0 N–H and O–H groups in total. The van der Waals surface area contributed by atoms with Crippen LogP contribution in [0.2, 0.25) is 0 Å². The summed E-state index contributed by atoms with van der Waals surface area (Å²) >= 11 is 0. The minimum absolute atomic E-state index is 0. The largest absolute Gasteiger partial charge is 3.00 e. The third-order valence-corrected chi connectivity index (χ3v) is 33.2. The van der Waals surface area contributed by atoms with Crippen LogP contribution in [-0.2, 0) is 39.0 Å². The monoisotopic (exact) mass is 1310 g/mol. The molecule has 0 amide bonds. The fourth-order valence-electron chi connectivity index (χ4n) is 14.1. The second-order valence-corrected chi connectivity index (χ2v) is 41.4. The minimum Gasteiger partial charge on any atom is -1.00 e. The first-order chi connectivity index (χ1) is 33.0. The van der Waals surface area contributed by atoms with E-state index in [9.17, 15) is 0 Å². The Kier molecular flexibility index (Phi) is 44.4. The molecule has 74 heavy (non-hydrogen) atoms. The number of rotatable bonds is 10. The molecule has 0 aliphatic heterocycles. The molecule has 6 fully saturated rings. The Balaban J connectivity index is 0. The maximum atomic E-state index is 4.01. The Morgan fingerprint density at radius 1 is 0.297 bits per heavy atom. The van der Waals surface area contributed by atoms with Gasteiger partial charge in [0.25, 0.3) is 0 Å². The number of halogens is 2. The Labute approximate surface area is 509 Å². The van der Waals surface area contributed by atoms with Crippen LogP contribution in [0.3, 0.4) is 0 Å². The molecular formula is C66H122Cl2P4Rh2. The Morgan fingerprint density at radius 2 is 0.432 bits per heavy atom. The van der Waals surface area contributed by atoms with Gasteiger partial charge in [-0.1, -0.05) is 263 Å². The molecule has 0 atom stereocenters. The molecule has 8 heteroatoms. The summed E-state index contributed by atoms with van der Waals surface area (Å²) < 4.78 is 0. The zero-order valence-corrected chi connectivity index (χ0v) is 59.1. The summed E-state index contributed by atoms with van der Waals surface area (Å²) in [5.41, 5.74) is 7.14. The van der Waals surface area contributed by atoms with E-state index in [2.05, 4.69) is 111 Å². The van der Waals surface area contributed by atoms with E-state index in [0.29, 0.717) is 48.3 Å². The van der Waals surface area contributed by atoms with E-state index in [4.69, 9.17) is 0 Å². The first-order valence-corrected chi connectivity index (χ1v) is 36.6. The SMILES string of the molecule is C1CCC(P(C2CCCCC2)C2CCCCC2)CC1.C1CCC(P(C2CCCCC2)C2CCCCC2)CC1.[CH2-]C([CH2-])CP(C(C)(C)C)C(C)(C)C.[CH2-]C([CH2-])CP(C(C)(C)C)C(C)(C)C.[Cl-].[Cl-].[Rh+3].[Rh+3].c1ccccc1. The molecule has 0 heterocycles. The number of hydrogen-bond acceptors (Lipinski definition) is 0. The first-order valence-electron chi connectivity index (χ1n) is 30.4. The average Bonchev–Trinajstić information content (AvgIpc) is 3.32. The van der Waals surface area contributed by atoms with Crippen LogP contribution in [0.15, 0.2) is 36.4 Å². The first kappa shape index (κ1) is 78.8. The predicted octanol–water partition coefficient (Wildman–Crippen LogP) is 17.3. The standard InChI is InChI=1S/2C18H33P.2C12H25P.C6H6.2ClH.2Rh/c2*1-4-10-16(11-5-1)19(17-12-6-2-7-13-17)18-14-8-3-9-15-18;2*1-10(2)9-13(11(3,4)5)12(6,7)8;1-2-4-6-5-3-1;;;;/h2*16-18H,1-15H2;2*10H,1-2,9H2,3-8H3;1-6H;2*1H;;/q;;2*-2;;;;2*+3/p-2. The second-order valence-electron chi connectivity index (χ2n) is 27.4. The molecule has 438 valence electrons. The summed E-state index contributed by atoms with van der Waals surface area (Å²) in [6.07, 6.45) is 49.6. The predicted molar refractivity (Wildman–Crippen MR) is 333 cm³/mol. The van der Waals surface area contributed by atoms with Gasteiger partial charge in [0, 0.05) is 0 Å². The molecule has 0 radical (unpaired) electrons. The normalized spacial score (nSPS) is 20.5. The van der Waals surface area contributed by atoms with Gasteiger partial charge in [-0.05, 0) is 132 Å². The molecule has 0 saturated heterocycles. The quantitative estimate of drug-likeness (QED) is 0.124. The molecule has 6 aliphatic rings. The van der Waals surface area contributed by atoms with Gasteiger partial charge < -0.3 is 64.3 Å². The van der Waals surface area contributed by atoms with Crippen LogP contribution in [-0.4, -0.2) is 66.9 Å². The smallest absolute Gasteiger partial charge is 1.00 e. The number of hydrogen-bond donors (Lipinski definition) is 0. The van der Waals surface area contributed by atoms with Crippen molar-refractivity contribution < 1.29 is 63.8 Å². The molecule has 1 aromatic rings. The van der Waals surface area contributed by atoms with Gasteiger partial charge in [0.15, 0.2) is 0 Å². The summed E-state index contributed by atoms with van der Waals surface area (Å²) in [6.45, 7) is 44.1. The van der Waals surface area contributed by atoms with E-state index in [-0.39, 0.29) is 79.6 Å². The molecule has 6 aliphatic carbocycles. The van der Waals surface area contributed by atoms with Gasteiger partial charge in [0.2, 0.25) is 0 Å². The molecule has 0 bridgehead atoms. The average molecular weight is 1320 g/mol. The Hall–Kier alpha value is 2.77. The minimum atomic E-state index is -0.00720. The summed E-state index contributed by atoms with van der Waals surface area (Å²) in [6, 6.07) is 12.0. The Morgan fingerprint density at radius 3 is 0.527 bits per heavy atom. The van der Waals surface area contributed by atoms with Gasteiger partial charge in [-0.3, -0.25) is 0 Å². The summed E-state index contributed by atoms with van der Waals surface area (Å²) in [5, 5.41) is 1.67. The third kappa shape index (κ3) is 32.0. The second kappa shape index (κ2) is 41.7. The van der Waals surface area contributed by atoms with Crippen molar-refractivity contribution in [2.24, 2.45) is 11.8 Å². The van der Waals surface area contributed by atoms with Crippen molar-refractivity contribution in [3.8, 4) is 0 Å². The van der Waals surface area contributed by atoms with E-state index in [0.717, 1.165) is 0 Å². The summed E-state index contributed by atoms with van der Waals surface area (Å²) in [5.74, 6) is 0.675. The van der Waals surface area contributed by atoms with Crippen molar-refractivity contribution in [1.29, 1.82) is 0 Å². The van der Waals surface area contributed by atoms with Crippen LogP contribution in [0.4, 0.5) is 0 Å². The third-order valence-electron chi connectivity index (χ3n) is 16.8. The molecule has 7 rings (SSSR count). The maximum absolute atomic E-state index is 4.01. The van der Waals surface area contributed by atoms with Gasteiger partial charge >= 0.3 is 39.0 Å². The maximum Gasteiger partial charge on any atom is 3.00 e. The van der Waals surface area contributed by atoms with Gasteiger partial charge in [-0.15, -0.1) is 15.8 Å². The zero-order chi connectivity index (χ0) is 51.8. The summed E-state index contributed by atoms with van der Waals surface area (Å²) in [4.78, 5) is 0. The van der Waals surface area contributed by atoms with Crippen molar-refractivity contribution in [1.82, 2.24) is 0 Å². The van der Waals surface area contributed by atoms with Crippen molar-refractivity contribution in [3.05, 3.63) is 64.1 Å². The van der Waals surface area contributed by atoms with E-state index in [1.165, 1.54) is 84.8 Å². The van der Waals surface area contributed by atoms with E-state index in [1.807, 2.05) is 36.4 Å². The van der Waals surface area contributed by atoms with E-state index < -0.39 is 0 Å². The number of benzene rings is 1. The fraction of sp³-hybridized carbons (Fsp3) is 0.848. The van der Waals surface area contributed by atoms with Crippen LogP contribution < -0.4 is 24.8 Å².